The van der Waals surface area contributed by atoms with Crippen LogP contribution in [0.2, 0.25) is 0 Å². The molecule has 0 atom stereocenters. The number of hydrogen-bond donors (Lipinski definition) is 1. The van der Waals surface area contributed by atoms with Crippen molar-refractivity contribution < 1.29 is 9.63 Å². The standard InChI is InChI=1S/C9H18N2O2/c1-3-13-10-9(12)8-4-6-11(2)7-5-8/h8H,3-7H2,1-2H3,(H,10,12). The quantitative estimate of drug-likeness (QED) is 0.648. The molecule has 1 aliphatic heterocycles. The number of piperidine rings is 1. The van der Waals surface area contributed by atoms with Crippen molar-refractivity contribution in [2.75, 3.05) is 26.7 Å². The summed E-state index contributed by atoms with van der Waals surface area (Å²) in [7, 11) is 2.08. The molecule has 4 heteroatoms. The summed E-state index contributed by atoms with van der Waals surface area (Å²) in [6.07, 6.45) is 1.88. The Bertz CT molecular complexity index is 165. The third kappa shape index (κ3) is 3.32. The van der Waals surface area contributed by atoms with Gasteiger partial charge in [0.05, 0.1) is 6.61 Å². The molecule has 0 aromatic heterocycles. The monoisotopic (exact) mass is 186 g/mol. The number of likely N-dealkylation sites (tertiary alicyclic amines) is 1. The van der Waals surface area contributed by atoms with Gasteiger partial charge in [-0.15, -0.1) is 0 Å². The second-order valence-corrected chi connectivity index (χ2v) is 3.48. The van der Waals surface area contributed by atoms with Crippen LogP contribution in [0.5, 0.6) is 0 Å². The molecule has 0 unspecified atom stereocenters. The molecule has 1 amide bonds. The van der Waals surface area contributed by atoms with Crippen LogP contribution in [-0.2, 0) is 9.63 Å². The molecule has 0 aromatic carbocycles. The Kier molecular flexibility index (Phi) is 4.18. The van der Waals surface area contributed by atoms with Crippen LogP contribution in [0.25, 0.3) is 0 Å². The van der Waals surface area contributed by atoms with Gasteiger partial charge in [0.25, 0.3) is 0 Å². The van der Waals surface area contributed by atoms with Crippen molar-refractivity contribution in [1.82, 2.24) is 10.4 Å². The molecule has 0 saturated carbocycles. The van der Waals surface area contributed by atoms with Gasteiger partial charge in [-0.25, -0.2) is 5.48 Å². The van der Waals surface area contributed by atoms with Crippen LogP contribution in [0.15, 0.2) is 0 Å². The van der Waals surface area contributed by atoms with Gasteiger partial charge in [0.15, 0.2) is 0 Å². The van der Waals surface area contributed by atoms with E-state index in [-0.39, 0.29) is 11.8 Å². The van der Waals surface area contributed by atoms with Crippen molar-refractivity contribution in [1.29, 1.82) is 0 Å². The number of carbonyl (C=O) groups excluding carboxylic acids is 1. The second-order valence-electron chi connectivity index (χ2n) is 3.48. The van der Waals surface area contributed by atoms with E-state index >= 15 is 0 Å². The molecule has 0 aromatic rings. The first-order valence-corrected chi connectivity index (χ1v) is 4.84. The van der Waals surface area contributed by atoms with Gasteiger partial charge in [0.1, 0.15) is 0 Å². The molecule has 0 radical (unpaired) electrons. The van der Waals surface area contributed by atoms with E-state index in [1.54, 1.807) is 0 Å². The molecule has 76 valence electrons. The molecule has 1 fully saturated rings. The number of amides is 1. The van der Waals surface area contributed by atoms with E-state index in [0.29, 0.717) is 6.61 Å². The molecule has 1 rings (SSSR count). The number of nitrogens with zero attached hydrogens (tertiary/aromatic N) is 1. The lowest BCUT2D eigenvalue weighted by Gasteiger charge is -2.27. The predicted molar refractivity (Wildman–Crippen MR) is 50.0 cm³/mol. The van der Waals surface area contributed by atoms with Crippen molar-refractivity contribution >= 4 is 5.91 Å². The van der Waals surface area contributed by atoms with Crippen molar-refractivity contribution in [3.63, 3.8) is 0 Å². The molecular weight excluding hydrogens is 168 g/mol. The summed E-state index contributed by atoms with van der Waals surface area (Å²) in [6.45, 7) is 4.39. The zero-order valence-electron chi connectivity index (χ0n) is 8.38. The Labute approximate surface area is 79.2 Å². The maximum atomic E-state index is 11.4. The number of hydroxylamine groups is 1. The van der Waals surface area contributed by atoms with Gasteiger partial charge in [-0.05, 0) is 39.9 Å². The third-order valence-corrected chi connectivity index (χ3v) is 2.41. The first-order chi connectivity index (χ1) is 6.24. The van der Waals surface area contributed by atoms with Gasteiger partial charge in [-0.2, -0.15) is 0 Å². The van der Waals surface area contributed by atoms with E-state index in [9.17, 15) is 4.79 Å². The van der Waals surface area contributed by atoms with Gasteiger partial charge in [0.2, 0.25) is 5.91 Å². The zero-order chi connectivity index (χ0) is 9.68. The minimum absolute atomic E-state index is 0.0370. The van der Waals surface area contributed by atoms with E-state index in [1.807, 2.05) is 6.92 Å². The summed E-state index contributed by atoms with van der Waals surface area (Å²) < 4.78 is 0. The average molecular weight is 186 g/mol. The summed E-state index contributed by atoms with van der Waals surface area (Å²) in [5.41, 5.74) is 2.46. The Morgan fingerprint density at radius 3 is 2.69 bits per heavy atom. The molecule has 1 aliphatic rings. The SMILES string of the molecule is CCONC(=O)C1CCN(C)CC1. The molecule has 1 N–H and O–H groups in total. The summed E-state index contributed by atoms with van der Waals surface area (Å²) in [5, 5.41) is 0. The lowest BCUT2D eigenvalue weighted by molar-refractivity contribution is -0.138. The van der Waals surface area contributed by atoms with E-state index in [2.05, 4.69) is 17.4 Å². The Hall–Kier alpha value is -0.610. The second kappa shape index (κ2) is 5.19. The number of nitrogens with one attached hydrogen (secondary N) is 1. The Morgan fingerprint density at radius 2 is 2.15 bits per heavy atom. The van der Waals surface area contributed by atoms with Crippen molar-refractivity contribution in [2.24, 2.45) is 5.92 Å². The number of rotatable bonds is 3. The fraction of sp³-hybridized carbons (Fsp3) is 0.889. The van der Waals surface area contributed by atoms with Crippen molar-refractivity contribution in [3.05, 3.63) is 0 Å². The number of carbonyl (C=O) groups is 1. The average Bonchev–Trinajstić information content (AvgIpc) is 2.15. The minimum atomic E-state index is 0.0370. The van der Waals surface area contributed by atoms with E-state index in [0.717, 1.165) is 25.9 Å². The molecule has 0 bridgehead atoms. The van der Waals surface area contributed by atoms with E-state index in [4.69, 9.17) is 4.84 Å². The van der Waals surface area contributed by atoms with Crippen LogP contribution in [0.1, 0.15) is 19.8 Å². The van der Waals surface area contributed by atoms with Crippen LogP contribution in [0, 0.1) is 5.92 Å². The highest BCUT2D eigenvalue weighted by Gasteiger charge is 2.22. The molecule has 0 spiro atoms. The fourth-order valence-electron chi connectivity index (χ4n) is 1.50. The van der Waals surface area contributed by atoms with Gasteiger partial charge < -0.3 is 4.90 Å². The van der Waals surface area contributed by atoms with Gasteiger partial charge >= 0.3 is 0 Å². The molecule has 0 aliphatic carbocycles. The Balaban J connectivity index is 2.23. The highest BCUT2D eigenvalue weighted by Crippen LogP contribution is 2.15. The lowest BCUT2D eigenvalue weighted by atomic mass is 9.97. The molecule has 13 heavy (non-hydrogen) atoms. The predicted octanol–water partition coefficient (Wildman–Crippen LogP) is 0.396. The van der Waals surface area contributed by atoms with Gasteiger partial charge in [-0.1, -0.05) is 0 Å². The van der Waals surface area contributed by atoms with Crippen LogP contribution in [0.3, 0.4) is 0 Å². The molecule has 1 saturated heterocycles. The van der Waals surface area contributed by atoms with Gasteiger partial charge in [-0.3, -0.25) is 9.63 Å². The van der Waals surface area contributed by atoms with Crippen molar-refractivity contribution in [3.8, 4) is 0 Å². The van der Waals surface area contributed by atoms with E-state index < -0.39 is 0 Å². The van der Waals surface area contributed by atoms with Crippen LogP contribution >= 0.6 is 0 Å². The maximum absolute atomic E-state index is 11.4. The van der Waals surface area contributed by atoms with Gasteiger partial charge in [0, 0.05) is 5.92 Å². The molecular formula is C9H18N2O2. The van der Waals surface area contributed by atoms with E-state index in [1.165, 1.54) is 0 Å². The number of hydrogen-bond acceptors (Lipinski definition) is 3. The summed E-state index contributed by atoms with van der Waals surface area (Å²) in [5.74, 6) is 0.178. The highest BCUT2D eigenvalue weighted by atomic mass is 16.6. The highest BCUT2D eigenvalue weighted by molar-refractivity contribution is 5.77. The first kappa shape index (κ1) is 10.5. The van der Waals surface area contributed by atoms with Crippen LogP contribution in [-0.4, -0.2) is 37.6 Å². The topological polar surface area (TPSA) is 41.6 Å². The smallest absolute Gasteiger partial charge is 0.246 e. The zero-order valence-corrected chi connectivity index (χ0v) is 8.38. The van der Waals surface area contributed by atoms with Crippen LogP contribution in [0.4, 0.5) is 0 Å². The summed E-state index contributed by atoms with van der Waals surface area (Å²) in [6, 6.07) is 0. The molecule has 4 nitrogen and oxygen atoms in total. The minimum Gasteiger partial charge on any atom is -0.306 e. The lowest BCUT2D eigenvalue weighted by Crippen LogP contribution is -2.38. The summed E-state index contributed by atoms with van der Waals surface area (Å²) in [4.78, 5) is 18.5. The van der Waals surface area contributed by atoms with Crippen molar-refractivity contribution in [2.45, 2.75) is 19.8 Å². The third-order valence-electron chi connectivity index (χ3n) is 2.41. The fourth-order valence-corrected chi connectivity index (χ4v) is 1.50. The summed E-state index contributed by atoms with van der Waals surface area (Å²) >= 11 is 0. The normalized spacial score (nSPS) is 20.2. The Morgan fingerprint density at radius 1 is 1.54 bits per heavy atom. The first-order valence-electron chi connectivity index (χ1n) is 4.84. The largest absolute Gasteiger partial charge is 0.306 e. The maximum Gasteiger partial charge on any atom is 0.246 e. The van der Waals surface area contributed by atoms with Crippen LogP contribution < -0.4 is 5.48 Å². The molecule has 1 heterocycles.